The predicted molar refractivity (Wildman–Crippen MR) is 125 cm³/mol. The molecule has 156 valence electrons. The van der Waals surface area contributed by atoms with Crippen LogP contribution in [0, 0.1) is 0 Å². The summed E-state index contributed by atoms with van der Waals surface area (Å²) in [4.78, 5) is 15.3. The fourth-order valence-corrected chi connectivity index (χ4v) is 5.57. The summed E-state index contributed by atoms with van der Waals surface area (Å²) in [5.74, 6) is 0.422. The average molecular weight is 487 g/mol. The number of halogens is 1. The van der Waals surface area contributed by atoms with E-state index in [1.54, 1.807) is 39.8 Å². The van der Waals surface area contributed by atoms with Crippen LogP contribution in [0.15, 0.2) is 74.0 Å². The summed E-state index contributed by atoms with van der Waals surface area (Å²) in [6.45, 7) is 0. The van der Waals surface area contributed by atoms with Crippen molar-refractivity contribution in [2.24, 2.45) is 5.10 Å². The zero-order chi connectivity index (χ0) is 21.2. The third-order valence-electron chi connectivity index (χ3n) is 4.64. The average Bonchev–Trinajstić information content (AvgIpc) is 3.57. The molecule has 0 spiro atoms. The number of thioether (sulfide) groups is 1. The van der Waals surface area contributed by atoms with Gasteiger partial charge in [0.25, 0.3) is 11.1 Å². The van der Waals surface area contributed by atoms with Crippen molar-refractivity contribution in [3.8, 4) is 11.5 Å². The number of carbonyl (C=O) groups excluding carboxylic acids is 1. The number of nitrogens with zero attached hydrogens (tertiary/aromatic N) is 4. The van der Waals surface area contributed by atoms with Crippen molar-refractivity contribution in [3.05, 3.63) is 74.1 Å². The van der Waals surface area contributed by atoms with E-state index in [0.29, 0.717) is 22.6 Å². The standard InChI is InChI=1S/C21H15ClN4O2S3/c22-14-5-1-4-13(10-14)20-23-24-21(28-20)31-12-19(27)26-16(18-7-3-9-30-18)11-15(25-26)17-6-2-8-29-17/h1-10,16H,11-12H2. The minimum absolute atomic E-state index is 0.0880. The van der Waals surface area contributed by atoms with Crippen LogP contribution >= 0.6 is 46.0 Å². The van der Waals surface area contributed by atoms with Crippen molar-refractivity contribution in [1.29, 1.82) is 0 Å². The number of hydrazone groups is 1. The Bertz CT molecular complexity index is 1220. The summed E-state index contributed by atoms with van der Waals surface area (Å²) in [5.41, 5.74) is 1.67. The second-order valence-corrected chi connectivity index (χ2v) is 9.96. The minimum Gasteiger partial charge on any atom is -0.411 e. The molecule has 4 aromatic rings. The Kier molecular flexibility index (Phi) is 5.91. The maximum Gasteiger partial charge on any atom is 0.277 e. The Balaban J connectivity index is 1.30. The van der Waals surface area contributed by atoms with Gasteiger partial charge < -0.3 is 4.42 Å². The van der Waals surface area contributed by atoms with Crippen LogP contribution < -0.4 is 0 Å². The third-order valence-corrected chi connectivity index (χ3v) is 7.57. The van der Waals surface area contributed by atoms with E-state index in [-0.39, 0.29) is 17.7 Å². The van der Waals surface area contributed by atoms with Gasteiger partial charge in [0.15, 0.2) is 0 Å². The second-order valence-electron chi connectivity index (χ2n) is 6.67. The lowest BCUT2D eigenvalue weighted by molar-refractivity contribution is -0.130. The molecule has 1 aromatic carbocycles. The van der Waals surface area contributed by atoms with Gasteiger partial charge in [-0.1, -0.05) is 41.6 Å². The molecule has 0 radical (unpaired) electrons. The first-order valence-corrected chi connectivity index (χ1v) is 12.5. The number of benzene rings is 1. The van der Waals surface area contributed by atoms with E-state index in [4.69, 9.17) is 16.0 Å². The number of amides is 1. The lowest BCUT2D eigenvalue weighted by Crippen LogP contribution is -2.28. The molecule has 1 amide bonds. The maximum absolute atomic E-state index is 13.1. The van der Waals surface area contributed by atoms with Crippen LogP contribution in [-0.4, -0.2) is 32.6 Å². The van der Waals surface area contributed by atoms with Gasteiger partial charge in [0.1, 0.15) is 0 Å². The lowest BCUT2D eigenvalue weighted by Gasteiger charge is -2.20. The zero-order valence-corrected chi connectivity index (χ0v) is 19.2. The highest BCUT2D eigenvalue weighted by Crippen LogP contribution is 2.36. The van der Waals surface area contributed by atoms with Gasteiger partial charge in [-0.05, 0) is 41.1 Å². The Morgan fingerprint density at radius 2 is 2.03 bits per heavy atom. The van der Waals surface area contributed by atoms with E-state index >= 15 is 0 Å². The quantitative estimate of drug-likeness (QED) is 0.313. The smallest absolute Gasteiger partial charge is 0.277 e. The highest BCUT2D eigenvalue weighted by molar-refractivity contribution is 7.99. The molecule has 0 N–H and O–H groups in total. The van der Waals surface area contributed by atoms with Crippen LogP contribution in [0.5, 0.6) is 0 Å². The highest BCUT2D eigenvalue weighted by atomic mass is 35.5. The van der Waals surface area contributed by atoms with Crippen LogP contribution in [0.1, 0.15) is 22.2 Å². The highest BCUT2D eigenvalue weighted by Gasteiger charge is 2.34. The molecule has 1 unspecified atom stereocenters. The van der Waals surface area contributed by atoms with E-state index < -0.39 is 0 Å². The molecule has 1 aliphatic rings. The van der Waals surface area contributed by atoms with Gasteiger partial charge in [-0.25, -0.2) is 5.01 Å². The molecule has 4 heterocycles. The zero-order valence-electron chi connectivity index (χ0n) is 16.0. The summed E-state index contributed by atoms with van der Waals surface area (Å²) in [6, 6.07) is 15.2. The normalized spacial score (nSPS) is 16.0. The number of thiophene rings is 2. The minimum atomic E-state index is -0.0996. The predicted octanol–water partition coefficient (Wildman–Crippen LogP) is 5.98. The van der Waals surface area contributed by atoms with Crippen molar-refractivity contribution >= 4 is 57.7 Å². The molecule has 3 aromatic heterocycles. The van der Waals surface area contributed by atoms with Crippen LogP contribution in [-0.2, 0) is 4.79 Å². The summed E-state index contributed by atoms with van der Waals surface area (Å²) in [6.07, 6.45) is 0.705. The van der Waals surface area contributed by atoms with Crippen molar-refractivity contribution < 1.29 is 9.21 Å². The molecular formula is C21H15ClN4O2S3. The van der Waals surface area contributed by atoms with Gasteiger partial charge in [-0.15, -0.1) is 32.9 Å². The molecule has 1 aliphatic heterocycles. The third kappa shape index (κ3) is 4.45. The SMILES string of the molecule is O=C(CSc1nnc(-c2cccc(Cl)c2)o1)N1N=C(c2cccs2)CC1c1cccs1. The Hall–Kier alpha value is -2.46. The maximum atomic E-state index is 13.1. The van der Waals surface area contributed by atoms with Crippen molar-refractivity contribution in [2.45, 2.75) is 17.7 Å². The van der Waals surface area contributed by atoms with Gasteiger partial charge in [0, 0.05) is 21.9 Å². The molecular weight excluding hydrogens is 472 g/mol. The van der Waals surface area contributed by atoms with Crippen LogP contribution in [0.2, 0.25) is 5.02 Å². The molecule has 6 nitrogen and oxygen atoms in total. The molecule has 31 heavy (non-hydrogen) atoms. The molecule has 10 heteroatoms. The van der Waals surface area contributed by atoms with Crippen molar-refractivity contribution in [3.63, 3.8) is 0 Å². The fourth-order valence-electron chi connectivity index (χ4n) is 3.23. The Morgan fingerprint density at radius 1 is 1.16 bits per heavy atom. The largest absolute Gasteiger partial charge is 0.411 e. The number of rotatable bonds is 6. The van der Waals surface area contributed by atoms with Crippen molar-refractivity contribution in [1.82, 2.24) is 15.2 Å². The molecule has 1 atom stereocenters. The number of hydrogen-bond donors (Lipinski definition) is 0. The van der Waals surface area contributed by atoms with Gasteiger partial charge in [-0.3, -0.25) is 4.79 Å². The topological polar surface area (TPSA) is 71.6 Å². The van der Waals surface area contributed by atoms with Crippen LogP contribution in [0.4, 0.5) is 0 Å². The van der Waals surface area contributed by atoms with E-state index in [9.17, 15) is 4.79 Å². The number of hydrogen-bond acceptors (Lipinski definition) is 8. The summed E-state index contributed by atoms with van der Waals surface area (Å²) >= 11 is 10.5. The fraction of sp³-hybridized carbons (Fsp3) is 0.143. The Labute approximate surface area is 195 Å². The molecule has 0 aliphatic carbocycles. The molecule has 0 saturated carbocycles. The van der Waals surface area contributed by atoms with Gasteiger partial charge in [0.2, 0.25) is 5.89 Å². The Morgan fingerprint density at radius 3 is 2.81 bits per heavy atom. The summed E-state index contributed by atoms with van der Waals surface area (Å²) < 4.78 is 5.70. The molecule has 0 fully saturated rings. The number of aromatic nitrogens is 2. The first-order chi connectivity index (χ1) is 15.2. The monoisotopic (exact) mass is 486 g/mol. The first-order valence-electron chi connectivity index (χ1n) is 9.36. The van der Waals surface area contributed by atoms with Gasteiger partial charge in [0.05, 0.1) is 22.4 Å². The molecule has 5 rings (SSSR count). The first kappa shape index (κ1) is 20.4. The van der Waals surface area contributed by atoms with Gasteiger partial charge in [-0.2, -0.15) is 5.10 Å². The van der Waals surface area contributed by atoms with Crippen molar-refractivity contribution in [2.75, 3.05) is 5.75 Å². The second kappa shape index (κ2) is 8.96. The van der Waals surface area contributed by atoms with E-state index in [2.05, 4.69) is 15.3 Å². The van der Waals surface area contributed by atoms with Crippen LogP contribution in [0.25, 0.3) is 11.5 Å². The number of carbonyl (C=O) groups is 1. The van der Waals surface area contributed by atoms with E-state index in [0.717, 1.165) is 21.0 Å². The lowest BCUT2D eigenvalue weighted by atomic mass is 10.1. The van der Waals surface area contributed by atoms with Crippen LogP contribution in [0.3, 0.4) is 0 Å². The van der Waals surface area contributed by atoms with E-state index in [1.165, 1.54) is 11.8 Å². The van der Waals surface area contributed by atoms with Gasteiger partial charge >= 0.3 is 0 Å². The summed E-state index contributed by atoms with van der Waals surface area (Å²) in [7, 11) is 0. The van der Waals surface area contributed by atoms with E-state index in [1.807, 2.05) is 47.2 Å². The summed E-state index contributed by atoms with van der Waals surface area (Å²) in [5, 5.41) is 19.3. The molecule has 0 saturated heterocycles. The molecule has 0 bridgehead atoms.